The van der Waals surface area contributed by atoms with Crippen LogP contribution < -0.4 is 0 Å². The number of aryl methyl sites for hydroxylation is 1. The predicted molar refractivity (Wildman–Crippen MR) is 141 cm³/mol. The second-order valence-corrected chi connectivity index (χ2v) is 11.4. The summed E-state index contributed by atoms with van der Waals surface area (Å²) in [5, 5.41) is 41.8. The molecule has 3 heterocycles. The zero-order chi connectivity index (χ0) is 31.7. The third kappa shape index (κ3) is 7.00. The maximum absolute atomic E-state index is 14.5. The van der Waals surface area contributed by atoms with Crippen molar-refractivity contribution in [1.29, 1.82) is 0 Å². The summed E-state index contributed by atoms with van der Waals surface area (Å²) in [6.45, 7) is 4.23. The second kappa shape index (κ2) is 12.6. The summed E-state index contributed by atoms with van der Waals surface area (Å²) in [6.07, 6.45) is -5.93. The van der Waals surface area contributed by atoms with Crippen LogP contribution in [-0.2, 0) is 28.2 Å². The first-order valence-corrected chi connectivity index (χ1v) is 14.0. The van der Waals surface area contributed by atoms with Gasteiger partial charge in [-0.2, -0.15) is 13.2 Å². The van der Waals surface area contributed by atoms with Gasteiger partial charge in [0.05, 0.1) is 11.3 Å². The first kappa shape index (κ1) is 32.4. The Bertz CT molecular complexity index is 1460. The molecule has 2 aromatic heterocycles. The van der Waals surface area contributed by atoms with E-state index < -0.39 is 41.7 Å². The molecule has 1 aliphatic heterocycles. The minimum Gasteiger partial charge on any atom is -0.479 e. The summed E-state index contributed by atoms with van der Waals surface area (Å²) in [7, 11) is 1.88. The number of carboxylic acid groups (broad SMARTS) is 2. The molecule has 4 atom stereocenters. The number of alkyl halides is 3. The lowest BCUT2D eigenvalue weighted by Gasteiger charge is -2.21. The molecular formula is C26H29F4N5O7S. The van der Waals surface area contributed by atoms with Gasteiger partial charge in [-0.3, -0.25) is 0 Å². The number of fused-ring (bicyclic) bond motifs is 1. The Morgan fingerprint density at radius 2 is 1.86 bits per heavy atom. The number of carboxylic acids is 2. The molecule has 5 rings (SSSR count). The van der Waals surface area contributed by atoms with Crippen molar-refractivity contribution in [1.82, 2.24) is 24.6 Å². The van der Waals surface area contributed by atoms with E-state index >= 15 is 0 Å². The summed E-state index contributed by atoms with van der Waals surface area (Å²) in [5.41, 5.74) is -0.0937. The molecule has 0 radical (unpaired) electrons. The molecule has 1 saturated heterocycles. The average Bonchev–Trinajstić information content (AvgIpc) is 3.21. The van der Waals surface area contributed by atoms with Crippen molar-refractivity contribution >= 4 is 23.7 Å². The lowest BCUT2D eigenvalue weighted by Crippen LogP contribution is -2.39. The van der Waals surface area contributed by atoms with Crippen LogP contribution in [0.15, 0.2) is 34.2 Å². The van der Waals surface area contributed by atoms with Crippen molar-refractivity contribution in [2.45, 2.75) is 48.7 Å². The molecule has 3 aromatic rings. The van der Waals surface area contributed by atoms with E-state index in [-0.39, 0.29) is 5.41 Å². The van der Waals surface area contributed by atoms with E-state index in [4.69, 9.17) is 24.8 Å². The first-order valence-electron chi connectivity index (χ1n) is 13.0. The van der Waals surface area contributed by atoms with E-state index in [9.17, 15) is 27.2 Å². The standard InChI is InChI=1S/C22H23F4N5OS.C4H6O6/c1-13-18(32-12-27-13)19-28-29-20(30(19)2)33-7-3-6-31-10-15-9-21(15,11-31)16-5-4-14(8-17(16)23)22(24,25)26;5-1(3(7)8)2(6)4(9)10/h4-5,8,12,15H,3,6-7,9-11H2,1-2H3;1-2,5-6H,(H,7,8)(H,9,10). The zero-order valence-corrected chi connectivity index (χ0v) is 23.8. The fraction of sp³-hybridized carbons (Fsp3) is 0.500. The predicted octanol–water partition coefficient (Wildman–Crippen LogP) is 2.57. The zero-order valence-electron chi connectivity index (χ0n) is 23.0. The van der Waals surface area contributed by atoms with Gasteiger partial charge in [-0.15, -0.1) is 10.2 Å². The molecule has 2 aliphatic rings. The summed E-state index contributed by atoms with van der Waals surface area (Å²) in [5.74, 6) is -1.90. The number of rotatable bonds is 10. The topological polar surface area (TPSA) is 175 Å². The number of aromatic nitrogens is 4. The number of aliphatic carboxylic acids is 2. The number of oxazole rings is 1. The minimum atomic E-state index is -4.53. The fourth-order valence-corrected chi connectivity index (χ4v) is 5.98. The lowest BCUT2D eigenvalue weighted by atomic mass is 9.93. The van der Waals surface area contributed by atoms with Crippen molar-refractivity contribution in [3.05, 3.63) is 47.2 Å². The Morgan fingerprint density at radius 1 is 1.19 bits per heavy atom. The number of piperidine rings is 1. The number of hydrogen-bond donors (Lipinski definition) is 4. The van der Waals surface area contributed by atoms with Crippen LogP contribution in [-0.4, -0.2) is 94.6 Å². The van der Waals surface area contributed by atoms with Crippen LogP contribution in [0.3, 0.4) is 0 Å². The number of nitrogens with zero attached hydrogens (tertiary/aromatic N) is 5. The average molecular weight is 632 g/mol. The van der Waals surface area contributed by atoms with Crippen LogP contribution in [0, 0.1) is 18.7 Å². The van der Waals surface area contributed by atoms with Crippen molar-refractivity contribution < 1.29 is 52.0 Å². The molecule has 17 heteroatoms. The van der Waals surface area contributed by atoms with Crippen LogP contribution in [0.5, 0.6) is 0 Å². The molecule has 1 aliphatic carbocycles. The number of aliphatic hydroxyl groups is 2. The van der Waals surface area contributed by atoms with Crippen molar-refractivity contribution in [3.8, 4) is 11.6 Å². The highest BCUT2D eigenvalue weighted by molar-refractivity contribution is 7.99. The van der Waals surface area contributed by atoms with Gasteiger partial charge in [0.1, 0.15) is 5.82 Å². The maximum Gasteiger partial charge on any atom is 0.416 e. The summed E-state index contributed by atoms with van der Waals surface area (Å²) in [6, 6.07) is 2.96. The van der Waals surface area contributed by atoms with Gasteiger partial charge < -0.3 is 34.3 Å². The van der Waals surface area contributed by atoms with Gasteiger partial charge in [0.2, 0.25) is 5.82 Å². The highest BCUT2D eigenvalue weighted by atomic mass is 32.2. The van der Waals surface area contributed by atoms with Crippen LogP contribution in [0.4, 0.5) is 17.6 Å². The Hall–Kier alpha value is -3.54. The molecule has 0 bridgehead atoms. The molecule has 12 nitrogen and oxygen atoms in total. The Kier molecular flexibility index (Phi) is 9.48. The van der Waals surface area contributed by atoms with E-state index in [0.717, 1.165) is 48.6 Å². The van der Waals surface area contributed by atoms with E-state index in [2.05, 4.69) is 20.1 Å². The molecule has 0 amide bonds. The lowest BCUT2D eigenvalue weighted by molar-refractivity contribution is -0.165. The van der Waals surface area contributed by atoms with Gasteiger partial charge in [0.15, 0.2) is 29.5 Å². The van der Waals surface area contributed by atoms with Crippen LogP contribution in [0.2, 0.25) is 0 Å². The first-order chi connectivity index (χ1) is 20.2. The number of aliphatic hydroxyl groups excluding tert-OH is 2. The molecule has 1 saturated carbocycles. The van der Waals surface area contributed by atoms with Gasteiger partial charge in [0, 0.05) is 31.3 Å². The molecule has 2 fully saturated rings. The quantitative estimate of drug-likeness (QED) is 0.146. The molecular weight excluding hydrogens is 602 g/mol. The van der Waals surface area contributed by atoms with E-state index in [1.807, 2.05) is 18.5 Å². The Balaban J connectivity index is 0.000000365. The number of halogens is 4. The largest absolute Gasteiger partial charge is 0.479 e. The van der Waals surface area contributed by atoms with E-state index in [0.29, 0.717) is 35.7 Å². The van der Waals surface area contributed by atoms with Crippen molar-refractivity contribution in [3.63, 3.8) is 0 Å². The van der Waals surface area contributed by atoms with Crippen molar-refractivity contribution in [2.75, 3.05) is 25.4 Å². The van der Waals surface area contributed by atoms with E-state index in [1.54, 1.807) is 11.8 Å². The SMILES string of the molecule is Cc1ncoc1-c1nnc(SCCCN2CC3CC3(c3ccc(C(F)(F)F)cc3F)C2)n1C.O=C(O)C(O)C(O)C(=O)O. The molecule has 0 spiro atoms. The number of benzene rings is 1. The summed E-state index contributed by atoms with van der Waals surface area (Å²) < 4.78 is 60.4. The maximum atomic E-state index is 14.5. The molecule has 234 valence electrons. The van der Waals surface area contributed by atoms with Crippen LogP contribution >= 0.6 is 11.8 Å². The Labute approximate surface area is 246 Å². The van der Waals surface area contributed by atoms with Gasteiger partial charge in [0.25, 0.3) is 0 Å². The molecule has 43 heavy (non-hydrogen) atoms. The minimum absolute atomic E-state index is 0.308. The second-order valence-electron chi connectivity index (χ2n) is 10.4. The van der Waals surface area contributed by atoms with Crippen LogP contribution in [0.1, 0.15) is 29.7 Å². The normalized spacial score (nSPS) is 21.1. The number of thioether (sulfide) groups is 1. The number of hydrogen-bond acceptors (Lipinski definition) is 10. The third-order valence-electron chi connectivity index (χ3n) is 7.49. The number of carbonyl (C=O) groups is 2. The van der Waals surface area contributed by atoms with Gasteiger partial charge in [-0.05, 0) is 49.9 Å². The fourth-order valence-electron chi connectivity index (χ4n) is 5.15. The van der Waals surface area contributed by atoms with Gasteiger partial charge in [-0.1, -0.05) is 17.8 Å². The van der Waals surface area contributed by atoms with Gasteiger partial charge in [-0.25, -0.2) is 19.0 Å². The van der Waals surface area contributed by atoms with Gasteiger partial charge >= 0.3 is 18.1 Å². The monoisotopic (exact) mass is 631 g/mol. The molecule has 4 N–H and O–H groups in total. The number of likely N-dealkylation sites (tertiary alicyclic amines) is 1. The smallest absolute Gasteiger partial charge is 0.416 e. The molecule has 4 unspecified atom stereocenters. The summed E-state index contributed by atoms with van der Waals surface area (Å²) >= 11 is 1.60. The highest BCUT2D eigenvalue weighted by Crippen LogP contribution is 2.59. The molecule has 1 aromatic carbocycles. The van der Waals surface area contributed by atoms with Crippen LogP contribution in [0.25, 0.3) is 11.6 Å². The highest BCUT2D eigenvalue weighted by Gasteiger charge is 2.61. The summed E-state index contributed by atoms with van der Waals surface area (Å²) in [4.78, 5) is 25.9. The Morgan fingerprint density at radius 3 is 2.42 bits per heavy atom. The van der Waals surface area contributed by atoms with Crippen molar-refractivity contribution in [2.24, 2.45) is 13.0 Å². The third-order valence-corrected chi connectivity index (χ3v) is 8.59. The van der Waals surface area contributed by atoms with E-state index in [1.165, 1.54) is 12.5 Å².